The zero-order chi connectivity index (χ0) is 28.0. The molecule has 2 amide bonds. The largest absolute Gasteiger partial charge is 0.491 e. The second-order valence-electron chi connectivity index (χ2n) is 9.80. The highest BCUT2D eigenvalue weighted by Gasteiger charge is 2.51. The first-order valence-electron chi connectivity index (χ1n) is 12.8. The van der Waals surface area contributed by atoms with Crippen LogP contribution in [0.25, 0.3) is 0 Å². The average molecular weight is 562 g/mol. The van der Waals surface area contributed by atoms with Gasteiger partial charge < -0.3 is 34.5 Å². The van der Waals surface area contributed by atoms with E-state index in [9.17, 15) is 24.2 Å². The Morgan fingerprint density at radius 2 is 1.53 bits per heavy atom. The molecule has 1 saturated carbocycles. The molecule has 4 atom stereocenters. The third-order valence-corrected chi connectivity index (χ3v) is 7.04. The Labute approximate surface area is 220 Å². The number of piperazine rings is 1. The Bertz CT molecular complexity index is 982. The molecule has 5 N–H and O–H groups in total. The third kappa shape index (κ3) is 8.19. The van der Waals surface area contributed by atoms with Gasteiger partial charge in [-0.15, -0.1) is 0 Å². The number of aliphatic hydroxyl groups excluding tert-OH is 2. The highest BCUT2D eigenvalue weighted by molar-refractivity contribution is 7.45. The molecule has 0 bridgehead atoms. The number of fused-ring (bicyclic) bond motifs is 1. The number of phosphoric acid groups is 1. The maximum Gasteiger partial charge on any atom is 0.466 e. The molecule has 4 unspecified atom stereocenters. The fourth-order valence-corrected chi connectivity index (χ4v) is 5.17. The molecular weight excluding hydrogens is 524 g/mol. The molecule has 0 aromatic heterocycles. The predicted octanol–water partition coefficient (Wildman–Crippen LogP) is 0.315. The molecular formula is C24H37FN3O9P. The Morgan fingerprint density at radius 3 is 2.05 bits per heavy atom. The second kappa shape index (κ2) is 13.3. The van der Waals surface area contributed by atoms with Crippen LogP contribution in [0.4, 0.5) is 10.1 Å². The van der Waals surface area contributed by atoms with Crippen molar-refractivity contribution in [2.75, 3.05) is 50.8 Å². The van der Waals surface area contributed by atoms with Gasteiger partial charge in [0.1, 0.15) is 11.6 Å². The average Bonchev–Trinajstić information content (AvgIpc) is 3.07. The number of anilines is 1. The maximum absolute atomic E-state index is 13.9. The Hall–Kier alpha value is -2.12. The van der Waals surface area contributed by atoms with E-state index in [4.69, 9.17) is 24.0 Å². The number of carbonyl (C=O) groups is 2. The quantitative estimate of drug-likeness (QED) is 0.219. The van der Waals surface area contributed by atoms with Crippen LogP contribution in [0.15, 0.2) is 18.2 Å². The van der Waals surface area contributed by atoms with E-state index in [2.05, 4.69) is 9.80 Å². The summed E-state index contributed by atoms with van der Waals surface area (Å²) in [7, 11) is -4.64. The molecule has 2 saturated heterocycles. The molecule has 1 aliphatic carbocycles. The Morgan fingerprint density at radius 1 is 0.974 bits per heavy atom. The smallest absolute Gasteiger partial charge is 0.466 e. The number of amides is 2. The van der Waals surface area contributed by atoms with E-state index in [1.165, 1.54) is 17.0 Å². The summed E-state index contributed by atoms with van der Waals surface area (Å²) in [6.45, 7) is 6.83. The lowest BCUT2D eigenvalue weighted by atomic mass is 9.78. The highest BCUT2D eigenvalue weighted by Crippen LogP contribution is 2.38. The van der Waals surface area contributed by atoms with Gasteiger partial charge in [-0.1, -0.05) is 6.92 Å². The molecule has 3 aliphatic rings. The first-order valence-corrected chi connectivity index (χ1v) is 14.3. The normalized spacial score (nSPS) is 26.2. The van der Waals surface area contributed by atoms with Gasteiger partial charge in [-0.25, -0.2) is 8.96 Å². The summed E-state index contributed by atoms with van der Waals surface area (Å²) < 4.78 is 28.5. The van der Waals surface area contributed by atoms with Crippen molar-refractivity contribution in [3.8, 4) is 5.75 Å². The monoisotopic (exact) mass is 561 g/mol. The van der Waals surface area contributed by atoms with Gasteiger partial charge in [-0.2, -0.15) is 0 Å². The van der Waals surface area contributed by atoms with Gasteiger partial charge in [0.05, 0.1) is 36.3 Å². The number of hydrogen-bond donors (Lipinski definition) is 5. The lowest BCUT2D eigenvalue weighted by molar-refractivity contribution is -0.140. The molecule has 2 heterocycles. The number of benzene rings is 1. The van der Waals surface area contributed by atoms with Gasteiger partial charge >= 0.3 is 7.82 Å². The van der Waals surface area contributed by atoms with Gasteiger partial charge in [-0.3, -0.25) is 19.4 Å². The molecule has 214 valence electrons. The second-order valence-corrected chi connectivity index (χ2v) is 10.8. The number of rotatable bonds is 8. The molecule has 1 aromatic rings. The molecule has 1 aromatic carbocycles. The minimum atomic E-state index is -4.64. The van der Waals surface area contributed by atoms with Crippen molar-refractivity contribution >= 4 is 25.3 Å². The molecule has 4 rings (SSSR count). The molecule has 12 nitrogen and oxygen atoms in total. The van der Waals surface area contributed by atoms with Crippen molar-refractivity contribution in [3.05, 3.63) is 24.0 Å². The summed E-state index contributed by atoms with van der Waals surface area (Å²) in [5.74, 6) is -1.02. The Kier molecular flexibility index (Phi) is 10.6. The fourth-order valence-electron chi connectivity index (χ4n) is 5.17. The standard InChI is InChI=1S/C24H34FN3O5.H3O4P/c1-2-12-33-22-5-4-16(25)13-19(22)27-10-8-26(9-11-27)6-3-7-28-23(31)17-14-20(29)21(30)15-18(17)24(28)32;1-5(2,3)4/h4-5,13,17-18,20-21,29-30H,2-3,6-12,14-15H2,1H3;(H3,1,2,3,4). The fraction of sp³-hybridized carbons (Fsp3) is 0.667. The first-order chi connectivity index (χ1) is 17.9. The predicted molar refractivity (Wildman–Crippen MR) is 135 cm³/mol. The number of aliphatic hydroxyl groups is 2. The molecule has 3 fully saturated rings. The number of nitrogens with zero attached hydrogens (tertiary/aromatic N) is 3. The van der Waals surface area contributed by atoms with E-state index < -0.39 is 31.9 Å². The van der Waals surface area contributed by atoms with Crippen LogP contribution in [0, 0.1) is 17.7 Å². The van der Waals surface area contributed by atoms with E-state index in [0.717, 1.165) is 44.8 Å². The molecule has 0 spiro atoms. The van der Waals surface area contributed by atoms with Crippen LogP contribution >= 0.6 is 7.82 Å². The van der Waals surface area contributed by atoms with Gasteiger partial charge in [0.25, 0.3) is 0 Å². The summed E-state index contributed by atoms with van der Waals surface area (Å²) in [4.78, 5) is 52.6. The summed E-state index contributed by atoms with van der Waals surface area (Å²) in [5, 5.41) is 19.7. The van der Waals surface area contributed by atoms with E-state index >= 15 is 0 Å². The number of carbonyl (C=O) groups excluding carboxylic acids is 2. The lowest BCUT2D eigenvalue weighted by Crippen LogP contribution is -2.47. The van der Waals surface area contributed by atoms with Crippen LogP contribution in [0.1, 0.15) is 32.6 Å². The van der Waals surface area contributed by atoms with Crippen LogP contribution in [-0.2, 0) is 14.2 Å². The van der Waals surface area contributed by atoms with Crippen LogP contribution in [-0.4, -0.2) is 105 Å². The first kappa shape index (κ1) is 30.4. The minimum Gasteiger partial charge on any atom is -0.491 e. The Balaban J connectivity index is 0.000000732. The van der Waals surface area contributed by atoms with Crippen molar-refractivity contribution in [1.29, 1.82) is 0 Å². The molecule has 2 aliphatic heterocycles. The van der Waals surface area contributed by atoms with Gasteiger partial charge in [0.15, 0.2) is 0 Å². The summed E-state index contributed by atoms with van der Waals surface area (Å²) in [5.41, 5.74) is 0.781. The van der Waals surface area contributed by atoms with Crippen molar-refractivity contribution in [2.24, 2.45) is 11.8 Å². The third-order valence-electron chi connectivity index (χ3n) is 7.04. The SMILES string of the molecule is CCCOc1ccc(F)cc1N1CCN(CCCN2C(=O)C3CC(O)C(O)CC3C2=O)CC1.O=P(O)(O)O. The number of hydrogen-bond acceptors (Lipinski definition) is 8. The van der Waals surface area contributed by atoms with E-state index in [1.807, 2.05) is 6.92 Å². The number of halogens is 1. The van der Waals surface area contributed by atoms with Gasteiger partial charge in [0.2, 0.25) is 11.8 Å². The van der Waals surface area contributed by atoms with Crippen LogP contribution in [0.5, 0.6) is 5.75 Å². The van der Waals surface area contributed by atoms with Gasteiger partial charge in [-0.05, 0) is 44.4 Å². The van der Waals surface area contributed by atoms with E-state index in [1.54, 1.807) is 6.07 Å². The van der Waals surface area contributed by atoms with E-state index in [0.29, 0.717) is 25.3 Å². The highest BCUT2D eigenvalue weighted by atomic mass is 31.2. The summed E-state index contributed by atoms with van der Waals surface area (Å²) in [6, 6.07) is 4.63. The van der Waals surface area contributed by atoms with Crippen LogP contribution in [0.2, 0.25) is 0 Å². The zero-order valence-corrected chi connectivity index (χ0v) is 22.2. The molecule has 38 heavy (non-hydrogen) atoms. The molecule has 0 radical (unpaired) electrons. The van der Waals surface area contributed by atoms with E-state index in [-0.39, 0.29) is 30.5 Å². The van der Waals surface area contributed by atoms with Gasteiger partial charge in [0, 0.05) is 38.8 Å². The number of likely N-dealkylation sites (tertiary alicyclic amines) is 1. The lowest BCUT2D eigenvalue weighted by Gasteiger charge is -2.37. The zero-order valence-electron chi connectivity index (χ0n) is 21.4. The van der Waals surface area contributed by atoms with Crippen molar-refractivity contribution in [3.63, 3.8) is 0 Å². The van der Waals surface area contributed by atoms with Crippen LogP contribution < -0.4 is 9.64 Å². The number of imide groups is 1. The van der Waals surface area contributed by atoms with Crippen molar-refractivity contribution < 1.29 is 48.2 Å². The van der Waals surface area contributed by atoms with Crippen LogP contribution in [0.3, 0.4) is 0 Å². The van der Waals surface area contributed by atoms with Crippen molar-refractivity contribution in [2.45, 2.75) is 44.8 Å². The summed E-state index contributed by atoms with van der Waals surface area (Å²) >= 11 is 0. The van der Waals surface area contributed by atoms with Crippen molar-refractivity contribution in [1.82, 2.24) is 9.80 Å². The number of ether oxygens (including phenoxy) is 1. The maximum atomic E-state index is 13.9. The topological polar surface area (TPSA) is 171 Å². The minimum absolute atomic E-state index is 0.152. The molecule has 14 heteroatoms. The summed E-state index contributed by atoms with van der Waals surface area (Å²) in [6.07, 6.45) is -0.0182.